The summed E-state index contributed by atoms with van der Waals surface area (Å²) in [5.74, 6) is 0.0926. The van der Waals surface area contributed by atoms with E-state index in [9.17, 15) is 14.4 Å². The van der Waals surface area contributed by atoms with Crippen molar-refractivity contribution in [3.8, 4) is 11.5 Å². The first kappa shape index (κ1) is 22.4. The summed E-state index contributed by atoms with van der Waals surface area (Å²) in [4.78, 5) is 39.3. The molecule has 0 aliphatic carbocycles. The molecule has 7 nitrogen and oxygen atoms in total. The molecule has 0 bridgehead atoms. The third kappa shape index (κ3) is 4.70. The molecule has 0 atom stereocenters. The standard InChI is InChI=1S/C25H22N2O5S/c1-3-32-20-13-12-16-8-4-5-9-17(16)18(20)14-22-24(29)27(25(30)33-22)15-23(28)26-19-10-6-7-11-21(19)31-2/h4-14H,3,15H2,1-2H3,(H,26,28)/b22-14+. The van der Waals surface area contributed by atoms with Crippen molar-refractivity contribution >= 4 is 51.4 Å². The second-order valence-electron chi connectivity index (χ2n) is 7.15. The quantitative estimate of drug-likeness (QED) is 0.502. The summed E-state index contributed by atoms with van der Waals surface area (Å²) in [6.45, 7) is 1.95. The minimum atomic E-state index is -0.518. The molecule has 0 radical (unpaired) electrons. The van der Waals surface area contributed by atoms with E-state index in [2.05, 4.69) is 5.32 Å². The second kappa shape index (κ2) is 9.79. The molecule has 0 saturated carbocycles. The molecule has 33 heavy (non-hydrogen) atoms. The Bertz CT molecular complexity index is 1270. The van der Waals surface area contributed by atoms with Gasteiger partial charge in [0, 0.05) is 5.56 Å². The van der Waals surface area contributed by atoms with Gasteiger partial charge in [0.05, 0.1) is 24.3 Å². The number of thioether (sulfide) groups is 1. The Balaban J connectivity index is 1.59. The number of methoxy groups -OCH3 is 1. The smallest absolute Gasteiger partial charge is 0.294 e. The van der Waals surface area contributed by atoms with Gasteiger partial charge in [-0.15, -0.1) is 0 Å². The predicted octanol–water partition coefficient (Wildman–Crippen LogP) is 4.92. The third-order valence-corrected chi connectivity index (χ3v) is 5.97. The highest BCUT2D eigenvalue weighted by Crippen LogP contribution is 2.37. The minimum Gasteiger partial charge on any atom is -0.495 e. The van der Waals surface area contributed by atoms with Crippen LogP contribution >= 0.6 is 11.8 Å². The molecule has 1 aliphatic rings. The van der Waals surface area contributed by atoms with Crippen molar-refractivity contribution in [2.45, 2.75) is 6.92 Å². The number of hydrogen-bond donors (Lipinski definition) is 1. The molecule has 1 saturated heterocycles. The number of amides is 3. The van der Waals surface area contributed by atoms with Gasteiger partial charge in [-0.25, -0.2) is 0 Å². The summed E-state index contributed by atoms with van der Waals surface area (Å²) < 4.78 is 11.0. The molecule has 4 rings (SSSR count). The van der Waals surface area contributed by atoms with E-state index in [-0.39, 0.29) is 4.91 Å². The third-order valence-electron chi connectivity index (χ3n) is 5.06. The van der Waals surface area contributed by atoms with Crippen LogP contribution in [0.25, 0.3) is 16.8 Å². The Morgan fingerprint density at radius 1 is 1.03 bits per heavy atom. The maximum atomic E-state index is 13.0. The van der Waals surface area contributed by atoms with Crippen molar-refractivity contribution in [2.24, 2.45) is 0 Å². The van der Waals surface area contributed by atoms with Crippen molar-refractivity contribution in [1.29, 1.82) is 0 Å². The van der Waals surface area contributed by atoms with E-state index in [1.807, 2.05) is 43.3 Å². The van der Waals surface area contributed by atoms with Crippen LogP contribution in [0.15, 0.2) is 65.6 Å². The van der Waals surface area contributed by atoms with E-state index < -0.39 is 23.6 Å². The van der Waals surface area contributed by atoms with Gasteiger partial charge in [0.1, 0.15) is 18.0 Å². The Labute approximate surface area is 195 Å². The Morgan fingerprint density at radius 2 is 1.79 bits per heavy atom. The summed E-state index contributed by atoms with van der Waals surface area (Å²) in [6, 6.07) is 18.5. The monoisotopic (exact) mass is 462 g/mol. The Hall–Kier alpha value is -3.78. The summed E-state index contributed by atoms with van der Waals surface area (Å²) in [5, 5.41) is 4.08. The summed E-state index contributed by atoms with van der Waals surface area (Å²) in [5.41, 5.74) is 1.18. The molecule has 1 fully saturated rings. The van der Waals surface area contributed by atoms with Crippen molar-refractivity contribution in [1.82, 2.24) is 4.90 Å². The number of hydrogen-bond acceptors (Lipinski definition) is 6. The number of carbonyl (C=O) groups excluding carboxylic acids is 3. The van der Waals surface area contributed by atoms with Crippen LogP contribution in [0.2, 0.25) is 0 Å². The van der Waals surface area contributed by atoms with E-state index in [1.165, 1.54) is 7.11 Å². The van der Waals surface area contributed by atoms with Crippen molar-refractivity contribution in [3.05, 3.63) is 71.1 Å². The Kier molecular flexibility index (Phi) is 6.65. The largest absolute Gasteiger partial charge is 0.495 e. The molecule has 1 N–H and O–H groups in total. The molecule has 3 aromatic rings. The van der Waals surface area contributed by atoms with Gasteiger partial charge >= 0.3 is 0 Å². The van der Waals surface area contributed by atoms with E-state index in [0.717, 1.165) is 33.0 Å². The van der Waals surface area contributed by atoms with E-state index in [0.29, 0.717) is 23.8 Å². The normalized spacial score (nSPS) is 14.7. The van der Waals surface area contributed by atoms with E-state index in [4.69, 9.17) is 9.47 Å². The molecule has 0 spiro atoms. The molecule has 3 aromatic carbocycles. The summed E-state index contributed by atoms with van der Waals surface area (Å²) >= 11 is 0.806. The highest BCUT2D eigenvalue weighted by Gasteiger charge is 2.36. The number of nitrogens with one attached hydrogen (secondary N) is 1. The number of fused-ring (bicyclic) bond motifs is 1. The highest BCUT2D eigenvalue weighted by atomic mass is 32.2. The Morgan fingerprint density at radius 3 is 2.58 bits per heavy atom. The zero-order chi connectivity index (χ0) is 23.4. The molecule has 3 amide bonds. The SMILES string of the molecule is CCOc1ccc2ccccc2c1/C=C1/SC(=O)N(CC(=O)Nc2ccccc2OC)C1=O. The molecule has 0 unspecified atom stereocenters. The number of rotatable bonds is 7. The molecule has 1 aliphatic heterocycles. The number of ether oxygens (including phenoxy) is 2. The van der Waals surface area contributed by atoms with E-state index >= 15 is 0 Å². The van der Waals surface area contributed by atoms with Gasteiger partial charge in [0.15, 0.2) is 0 Å². The molecular formula is C25H22N2O5S. The number of nitrogens with zero attached hydrogens (tertiary/aromatic N) is 1. The van der Waals surface area contributed by atoms with Crippen LogP contribution in [0.3, 0.4) is 0 Å². The second-order valence-corrected chi connectivity index (χ2v) is 8.14. The zero-order valence-electron chi connectivity index (χ0n) is 18.2. The van der Waals surface area contributed by atoms with Crippen molar-refractivity contribution < 1.29 is 23.9 Å². The number of imide groups is 1. The average molecular weight is 463 g/mol. The lowest BCUT2D eigenvalue weighted by Crippen LogP contribution is -2.36. The van der Waals surface area contributed by atoms with Gasteiger partial charge in [0.2, 0.25) is 5.91 Å². The topological polar surface area (TPSA) is 84.9 Å². The van der Waals surface area contributed by atoms with Gasteiger partial charge in [-0.3, -0.25) is 19.3 Å². The number of anilines is 1. The average Bonchev–Trinajstić information content (AvgIpc) is 3.08. The summed E-state index contributed by atoms with van der Waals surface area (Å²) in [7, 11) is 1.50. The molecule has 0 aromatic heterocycles. The fourth-order valence-corrected chi connectivity index (χ4v) is 4.37. The fourth-order valence-electron chi connectivity index (χ4n) is 3.55. The molecule has 1 heterocycles. The lowest BCUT2D eigenvalue weighted by molar-refractivity contribution is -0.127. The van der Waals surface area contributed by atoms with Gasteiger partial charge < -0.3 is 14.8 Å². The van der Waals surface area contributed by atoms with Gasteiger partial charge in [-0.05, 0) is 53.7 Å². The van der Waals surface area contributed by atoms with Gasteiger partial charge in [0.25, 0.3) is 11.1 Å². The van der Waals surface area contributed by atoms with E-state index in [1.54, 1.807) is 30.3 Å². The van der Waals surface area contributed by atoms with Crippen LogP contribution in [0.5, 0.6) is 11.5 Å². The van der Waals surface area contributed by atoms with Crippen LogP contribution in [-0.2, 0) is 9.59 Å². The first-order valence-corrected chi connectivity index (χ1v) is 11.2. The van der Waals surface area contributed by atoms with Crippen molar-refractivity contribution in [3.63, 3.8) is 0 Å². The minimum absolute atomic E-state index is 0.238. The molecular weight excluding hydrogens is 440 g/mol. The van der Waals surface area contributed by atoms with Gasteiger partial charge in [-0.1, -0.05) is 42.5 Å². The molecule has 8 heteroatoms. The number of benzene rings is 3. The molecule has 168 valence electrons. The number of para-hydroxylation sites is 2. The predicted molar refractivity (Wildman–Crippen MR) is 129 cm³/mol. The first-order valence-electron chi connectivity index (χ1n) is 10.3. The lowest BCUT2D eigenvalue weighted by atomic mass is 10.0. The van der Waals surface area contributed by atoms with Crippen LogP contribution in [0.1, 0.15) is 12.5 Å². The van der Waals surface area contributed by atoms with Crippen LogP contribution in [0.4, 0.5) is 10.5 Å². The van der Waals surface area contributed by atoms with Gasteiger partial charge in [-0.2, -0.15) is 0 Å². The summed E-state index contributed by atoms with van der Waals surface area (Å²) in [6.07, 6.45) is 1.66. The van der Waals surface area contributed by atoms with Crippen LogP contribution in [0, 0.1) is 0 Å². The van der Waals surface area contributed by atoms with Crippen LogP contribution < -0.4 is 14.8 Å². The maximum absolute atomic E-state index is 13.0. The first-order chi connectivity index (χ1) is 16.0. The lowest BCUT2D eigenvalue weighted by Gasteiger charge is -2.14. The maximum Gasteiger partial charge on any atom is 0.294 e. The zero-order valence-corrected chi connectivity index (χ0v) is 19.0. The van der Waals surface area contributed by atoms with Crippen molar-refractivity contribution in [2.75, 3.05) is 25.6 Å². The van der Waals surface area contributed by atoms with Crippen LogP contribution in [-0.4, -0.2) is 42.2 Å². The fraction of sp³-hybridized carbons (Fsp3) is 0.160. The number of carbonyl (C=O) groups is 3. The highest BCUT2D eigenvalue weighted by molar-refractivity contribution is 8.18.